The van der Waals surface area contributed by atoms with E-state index < -0.39 is 0 Å². The highest BCUT2D eigenvalue weighted by Crippen LogP contribution is 2.23. The standard InChI is InChI=1S/C14H16NO/c1-10(2)11(3)13-9-8-12-6-4-5-7-14(12)15(13)16/h4-9,11H,1-3H3. The van der Waals surface area contributed by atoms with Gasteiger partial charge in [-0.15, -0.1) is 0 Å². The molecule has 0 aliphatic heterocycles. The number of aromatic nitrogens is 1. The van der Waals surface area contributed by atoms with Crippen molar-refractivity contribution in [2.75, 3.05) is 0 Å². The van der Waals surface area contributed by atoms with E-state index in [2.05, 4.69) is 20.8 Å². The molecule has 0 N–H and O–H groups in total. The molecule has 0 fully saturated rings. The molecule has 0 bridgehead atoms. The van der Waals surface area contributed by atoms with Gasteiger partial charge in [0.2, 0.25) is 5.52 Å². The van der Waals surface area contributed by atoms with Gasteiger partial charge in [0.25, 0.3) is 0 Å². The van der Waals surface area contributed by atoms with Gasteiger partial charge in [0.1, 0.15) is 0 Å². The molecule has 0 aliphatic rings. The van der Waals surface area contributed by atoms with E-state index in [0.29, 0.717) is 0 Å². The first-order chi connectivity index (χ1) is 7.61. The molecular weight excluding hydrogens is 198 g/mol. The van der Waals surface area contributed by atoms with Crippen LogP contribution in [0.15, 0.2) is 36.4 Å². The highest BCUT2D eigenvalue weighted by molar-refractivity contribution is 5.75. The molecule has 0 amide bonds. The number of para-hydroxylation sites is 1. The van der Waals surface area contributed by atoms with Crippen LogP contribution in [0.5, 0.6) is 0 Å². The van der Waals surface area contributed by atoms with Gasteiger partial charge >= 0.3 is 0 Å². The first kappa shape index (κ1) is 10.9. The topological polar surface area (TPSA) is 26.9 Å². The van der Waals surface area contributed by atoms with Crippen LogP contribution in [0.4, 0.5) is 0 Å². The van der Waals surface area contributed by atoms with Crippen LogP contribution in [-0.2, 0) is 0 Å². The van der Waals surface area contributed by atoms with Gasteiger partial charge in [0.05, 0.1) is 0 Å². The summed E-state index contributed by atoms with van der Waals surface area (Å²) in [6.45, 7) is 6.17. The largest absolute Gasteiger partial charge is 0.618 e. The molecule has 2 rings (SSSR count). The summed E-state index contributed by atoms with van der Waals surface area (Å²) in [6.07, 6.45) is 0. The molecule has 1 aromatic heterocycles. The molecule has 2 aromatic rings. The lowest BCUT2D eigenvalue weighted by molar-refractivity contribution is -0.587. The third-order valence-electron chi connectivity index (χ3n) is 3.13. The third kappa shape index (κ3) is 1.75. The molecule has 16 heavy (non-hydrogen) atoms. The van der Waals surface area contributed by atoms with E-state index in [-0.39, 0.29) is 5.92 Å². The van der Waals surface area contributed by atoms with Gasteiger partial charge in [-0.05, 0) is 18.1 Å². The maximum absolute atomic E-state index is 12.2. The molecule has 0 aliphatic carbocycles. The molecule has 2 nitrogen and oxygen atoms in total. The Hall–Kier alpha value is -1.57. The van der Waals surface area contributed by atoms with Crippen molar-refractivity contribution in [3.63, 3.8) is 0 Å². The average molecular weight is 214 g/mol. The Balaban J connectivity index is 2.61. The summed E-state index contributed by atoms with van der Waals surface area (Å²) >= 11 is 0. The fourth-order valence-corrected chi connectivity index (χ4v) is 1.81. The van der Waals surface area contributed by atoms with Crippen LogP contribution in [0.2, 0.25) is 0 Å². The Kier molecular flexibility index (Phi) is 2.82. The minimum atomic E-state index is 0.196. The van der Waals surface area contributed by atoms with E-state index in [9.17, 15) is 5.21 Å². The minimum absolute atomic E-state index is 0.196. The predicted molar refractivity (Wildman–Crippen MR) is 65.9 cm³/mol. The smallest absolute Gasteiger partial charge is 0.223 e. The molecule has 83 valence electrons. The van der Waals surface area contributed by atoms with Crippen LogP contribution in [0.1, 0.15) is 32.4 Å². The van der Waals surface area contributed by atoms with Gasteiger partial charge in [-0.2, -0.15) is 4.73 Å². The second kappa shape index (κ2) is 4.12. The number of benzene rings is 1. The SMILES string of the molecule is C[C](C)C(C)c1ccc2ccccc2[n+]1[O-]. The highest BCUT2D eigenvalue weighted by atomic mass is 16.5. The lowest BCUT2D eigenvalue weighted by Gasteiger charge is -2.15. The number of fused-ring (bicyclic) bond motifs is 1. The van der Waals surface area contributed by atoms with Crippen LogP contribution in [0, 0.1) is 11.1 Å². The van der Waals surface area contributed by atoms with Gasteiger partial charge in [-0.25, -0.2) is 0 Å². The monoisotopic (exact) mass is 214 g/mol. The van der Waals surface area contributed by atoms with E-state index in [4.69, 9.17) is 0 Å². The molecule has 0 spiro atoms. The minimum Gasteiger partial charge on any atom is -0.618 e. The Morgan fingerprint density at radius 3 is 2.50 bits per heavy atom. The zero-order valence-electron chi connectivity index (χ0n) is 9.90. The second-order valence-corrected chi connectivity index (χ2v) is 4.41. The van der Waals surface area contributed by atoms with Gasteiger partial charge in [0.15, 0.2) is 5.69 Å². The number of nitrogens with zero attached hydrogens (tertiary/aromatic N) is 1. The average Bonchev–Trinajstić information content (AvgIpc) is 2.29. The van der Waals surface area contributed by atoms with Gasteiger partial charge in [-0.3, -0.25) is 0 Å². The van der Waals surface area contributed by atoms with E-state index in [1.165, 1.54) is 5.92 Å². The summed E-state index contributed by atoms with van der Waals surface area (Å²) in [6, 6.07) is 11.6. The Labute approximate surface area is 96.1 Å². The summed E-state index contributed by atoms with van der Waals surface area (Å²) in [5.74, 6) is 1.45. The lowest BCUT2D eigenvalue weighted by Crippen LogP contribution is -2.34. The normalized spacial score (nSPS) is 13.2. The molecule has 1 unspecified atom stereocenters. The molecule has 1 radical (unpaired) electrons. The van der Waals surface area contributed by atoms with Crippen LogP contribution in [-0.4, -0.2) is 0 Å². The molecular formula is C14H16NO. The fourth-order valence-electron chi connectivity index (χ4n) is 1.81. The van der Waals surface area contributed by atoms with E-state index in [0.717, 1.165) is 21.3 Å². The number of hydrogen-bond acceptors (Lipinski definition) is 1. The molecule has 2 heteroatoms. The van der Waals surface area contributed by atoms with Crippen molar-refractivity contribution >= 4 is 10.9 Å². The third-order valence-corrected chi connectivity index (χ3v) is 3.13. The first-order valence-corrected chi connectivity index (χ1v) is 5.52. The molecule has 0 saturated carbocycles. The predicted octanol–water partition coefficient (Wildman–Crippen LogP) is 3.19. The van der Waals surface area contributed by atoms with E-state index in [1.54, 1.807) is 0 Å². The Morgan fingerprint density at radius 1 is 1.12 bits per heavy atom. The maximum Gasteiger partial charge on any atom is 0.223 e. The first-order valence-electron chi connectivity index (χ1n) is 5.52. The van der Waals surface area contributed by atoms with Gasteiger partial charge in [0, 0.05) is 23.4 Å². The summed E-state index contributed by atoms with van der Waals surface area (Å²) in [4.78, 5) is 0. The van der Waals surface area contributed by atoms with Crippen molar-refractivity contribution in [2.45, 2.75) is 26.7 Å². The van der Waals surface area contributed by atoms with Gasteiger partial charge < -0.3 is 5.21 Å². The lowest BCUT2D eigenvalue weighted by atomic mass is 9.94. The van der Waals surface area contributed by atoms with Crippen LogP contribution in [0.25, 0.3) is 10.9 Å². The Morgan fingerprint density at radius 2 is 1.81 bits per heavy atom. The summed E-state index contributed by atoms with van der Waals surface area (Å²) in [5, 5.41) is 13.2. The van der Waals surface area contributed by atoms with Crippen molar-refractivity contribution in [1.29, 1.82) is 0 Å². The second-order valence-electron chi connectivity index (χ2n) is 4.41. The Bertz CT molecular complexity index is 505. The summed E-state index contributed by atoms with van der Waals surface area (Å²) in [7, 11) is 0. The van der Waals surface area contributed by atoms with Crippen molar-refractivity contribution in [3.8, 4) is 0 Å². The van der Waals surface area contributed by atoms with Crippen molar-refractivity contribution in [2.24, 2.45) is 0 Å². The van der Waals surface area contributed by atoms with Crippen molar-refractivity contribution < 1.29 is 4.73 Å². The van der Waals surface area contributed by atoms with Crippen LogP contribution < -0.4 is 4.73 Å². The van der Waals surface area contributed by atoms with Crippen LogP contribution in [0.3, 0.4) is 0 Å². The van der Waals surface area contributed by atoms with Crippen molar-refractivity contribution in [3.05, 3.63) is 53.2 Å². The molecule has 1 atom stereocenters. The van der Waals surface area contributed by atoms with E-state index >= 15 is 0 Å². The van der Waals surface area contributed by atoms with E-state index in [1.807, 2.05) is 36.4 Å². The van der Waals surface area contributed by atoms with Gasteiger partial charge in [-0.1, -0.05) is 32.9 Å². The quantitative estimate of drug-likeness (QED) is 0.557. The highest BCUT2D eigenvalue weighted by Gasteiger charge is 2.20. The van der Waals surface area contributed by atoms with Crippen molar-refractivity contribution in [1.82, 2.24) is 0 Å². The summed E-state index contributed by atoms with van der Waals surface area (Å²) < 4.78 is 1.05. The zero-order valence-corrected chi connectivity index (χ0v) is 9.90. The fraction of sp³-hybridized carbons (Fsp3) is 0.286. The molecule has 1 aromatic carbocycles. The molecule has 1 heterocycles. The number of rotatable bonds is 2. The number of hydrogen-bond donors (Lipinski definition) is 0. The molecule has 0 saturated heterocycles. The number of pyridine rings is 1. The maximum atomic E-state index is 12.2. The summed E-state index contributed by atoms with van der Waals surface area (Å²) in [5.41, 5.74) is 1.56. The van der Waals surface area contributed by atoms with Crippen LogP contribution >= 0.6 is 0 Å². The zero-order chi connectivity index (χ0) is 11.7.